The standard InChI is InChI=1S/C32H38N4O2S/c1-4-36(32(38)27-19-26-14-15-35-16-17-39-34(3)29(20-27)31(26)35)28(18-24-8-6-5-7-9-24)30(37)22-33-21-25-12-10-23(2)11-13-25/h5-15,19-20,28,30,33,37H,4,16-18,21-22H2,1-3H3/t28-,30+/m0/s1. The number of benzene rings is 3. The third-order valence-corrected chi connectivity index (χ3v) is 8.53. The van der Waals surface area contributed by atoms with Gasteiger partial charge in [-0.1, -0.05) is 60.2 Å². The molecule has 4 aromatic rings. The highest BCUT2D eigenvalue weighted by atomic mass is 32.2. The Morgan fingerprint density at radius 2 is 1.85 bits per heavy atom. The van der Waals surface area contributed by atoms with E-state index in [9.17, 15) is 9.90 Å². The third-order valence-electron chi connectivity index (χ3n) is 7.58. The number of aliphatic hydroxyl groups is 1. The van der Waals surface area contributed by atoms with E-state index in [0.29, 0.717) is 31.6 Å². The Bertz CT molecular complexity index is 1400. The highest BCUT2D eigenvalue weighted by Gasteiger charge is 2.30. The van der Waals surface area contributed by atoms with Crippen molar-refractivity contribution in [3.8, 4) is 0 Å². The number of nitrogens with one attached hydrogen (secondary N) is 1. The summed E-state index contributed by atoms with van der Waals surface area (Å²) in [6, 6.07) is 24.3. The average molecular weight is 543 g/mol. The fraction of sp³-hybridized carbons (Fsp3) is 0.344. The number of carbonyl (C=O) groups is 1. The van der Waals surface area contributed by atoms with E-state index in [1.54, 1.807) is 11.9 Å². The molecule has 6 nitrogen and oxygen atoms in total. The number of anilines is 1. The molecule has 0 spiro atoms. The van der Waals surface area contributed by atoms with Gasteiger partial charge in [0.25, 0.3) is 5.91 Å². The predicted octanol–water partition coefficient (Wildman–Crippen LogP) is 5.27. The van der Waals surface area contributed by atoms with E-state index in [4.69, 9.17) is 0 Å². The first-order valence-electron chi connectivity index (χ1n) is 13.7. The van der Waals surface area contributed by atoms with Gasteiger partial charge >= 0.3 is 0 Å². The maximum atomic E-state index is 14.1. The van der Waals surface area contributed by atoms with Gasteiger partial charge in [-0.25, -0.2) is 0 Å². The highest BCUT2D eigenvalue weighted by molar-refractivity contribution is 8.00. The van der Waals surface area contributed by atoms with Crippen molar-refractivity contribution in [1.29, 1.82) is 0 Å². The number of likely N-dealkylation sites (N-methyl/N-ethyl adjacent to an activating group) is 1. The van der Waals surface area contributed by atoms with Crippen molar-refractivity contribution in [2.75, 3.05) is 30.2 Å². The molecule has 0 bridgehead atoms. The van der Waals surface area contributed by atoms with Crippen molar-refractivity contribution in [2.45, 2.75) is 45.5 Å². The molecule has 3 aromatic carbocycles. The molecule has 0 saturated heterocycles. The Hall–Kier alpha value is -3.26. The molecule has 2 N–H and O–H groups in total. The lowest BCUT2D eigenvalue weighted by Crippen LogP contribution is -2.51. The zero-order chi connectivity index (χ0) is 27.4. The summed E-state index contributed by atoms with van der Waals surface area (Å²) in [5.74, 6) is 0.935. The fourth-order valence-corrected chi connectivity index (χ4v) is 6.26. The molecule has 1 amide bonds. The molecule has 39 heavy (non-hydrogen) atoms. The third kappa shape index (κ3) is 6.16. The van der Waals surface area contributed by atoms with Gasteiger partial charge in [0, 0.05) is 56.1 Å². The number of carbonyl (C=O) groups excluding carboxylic acids is 1. The van der Waals surface area contributed by atoms with Crippen molar-refractivity contribution in [1.82, 2.24) is 14.8 Å². The van der Waals surface area contributed by atoms with Gasteiger partial charge in [-0.2, -0.15) is 0 Å². The minimum atomic E-state index is -0.732. The molecule has 7 heteroatoms. The molecule has 1 aromatic heterocycles. The second kappa shape index (κ2) is 12.3. The van der Waals surface area contributed by atoms with Crippen molar-refractivity contribution >= 4 is 34.4 Å². The Morgan fingerprint density at radius 3 is 2.59 bits per heavy atom. The van der Waals surface area contributed by atoms with Crippen LogP contribution in [0.1, 0.15) is 34.0 Å². The van der Waals surface area contributed by atoms with Crippen LogP contribution in [0.15, 0.2) is 79.0 Å². The van der Waals surface area contributed by atoms with Gasteiger partial charge in [0.1, 0.15) is 0 Å². The summed E-state index contributed by atoms with van der Waals surface area (Å²) in [6.45, 7) is 6.57. The topological polar surface area (TPSA) is 60.7 Å². The number of aromatic nitrogens is 1. The average Bonchev–Trinajstić information content (AvgIpc) is 3.28. The fourth-order valence-electron chi connectivity index (χ4n) is 5.43. The van der Waals surface area contributed by atoms with Crippen LogP contribution in [-0.4, -0.2) is 58.5 Å². The van der Waals surface area contributed by atoms with E-state index in [1.165, 1.54) is 16.6 Å². The first kappa shape index (κ1) is 27.3. The molecule has 5 rings (SSSR count). The van der Waals surface area contributed by atoms with Crippen LogP contribution in [0.25, 0.3) is 10.9 Å². The van der Waals surface area contributed by atoms with E-state index in [1.807, 2.05) is 42.2 Å². The van der Waals surface area contributed by atoms with Crippen LogP contribution in [0.4, 0.5) is 5.69 Å². The minimum absolute atomic E-state index is 0.0513. The number of amides is 1. The van der Waals surface area contributed by atoms with Crippen LogP contribution < -0.4 is 9.62 Å². The molecular formula is C32H38N4O2S. The SMILES string of the molecule is CCN(C(=O)c1cc2c3c(ccn3CCSN2C)c1)[C@@H](Cc1ccccc1)[C@H](O)CNCc1ccc(C)cc1. The number of hydrogen-bond acceptors (Lipinski definition) is 5. The Labute approximate surface area is 235 Å². The second-order valence-corrected chi connectivity index (χ2v) is 11.5. The Morgan fingerprint density at radius 1 is 1.08 bits per heavy atom. The van der Waals surface area contributed by atoms with Crippen molar-refractivity contribution in [3.63, 3.8) is 0 Å². The monoisotopic (exact) mass is 542 g/mol. The summed E-state index contributed by atoms with van der Waals surface area (Å²) in [5.41, 5.74) is 6.37. The summed E-state index contributed by atoms with van der Waals surface area (Å²) in [5, 5.41) is 16.0. The van der Waals surface area contributed by atoms with Gasteiger partial charge in [-0.05, 0) is 61.5 Å². The molecule has 0 saturated carbocycles. The molecule has 0 fully saturated rings. The van der Waals surface area contributed by atoms with E-state index >= 15 is 0 Å². The van der Waals surface area contributed by atoms with Gasteiger partial charge < -0.3 is 24.2 Å². The van der Waals surface area contributed by atoms with Gasteiger partial charge in [-0.3, -0.25) is 4.79 Å². The molecule has 2 atom stereocenters. The lowest BCUT2D eigenvalue weighted by Gasteiger charge is -2.35. The molecule has 0 radical (unpaired) electrons. The predicted molar refractivity (Wildman–Crippen MR) is 162 cm³/mol. The van der Waals surface area contributed by atoms with Gasteiger partial charge in [-0.15, -0.1) is 0 Å². The van der Waals surface area contributed by atoms with E-state index < -0.39 is 6.10 Å². The number of rotatable bonds is 10. The number of hydrogen-bond donors (Lipinski definition) is 2. The first-order valence-corrected chi connectivity index (χ1v) is 14.7. The molecule has 1 aliphatic rings. The zero-order valence-electron chi connectivity index (χ0n) is 23.0. The minimum Gasteiger partial charge on any atom is -0.390 e. The molecule has 204 valence electrons. The highest BCUT2D eigenvalue weighted by Crippen LogP contribution is 2.35. The number of aliphatic hydroxyl groups excluding tert-OH is 1. The lowest BCUT2D eigenvalue weighted by atomic mass is 9.98. The maximum absolute atomic E-state index is 14.1. The lowest BCUT2D eigenvalue weighted by molar-refractivity contribution is 0.0372. The first-order chi connectivity index (χ1) is 18.9. The summed E-state index contributed by atoms with van der Waals surface area (Å²) in [4.78, 5) is 16.0. The summed E-state index contributed by atoms with van der Waals surface area (Å²) in [6.07, 6.45) is 1.96. The molecule has 0 unspecified atom stereocenters. The van der Waals surface area contributed by atoms with Crippen LogP contribution >= 0.6 is 11.9 Å². The van der Waals surface area contributed by atoms with Gasteiger partial charge in [0.15, 0.2) is 0 Å². The van der Waals surface area contributed by atoms with Gasteiger partial charge in [0.2, 0.25) is 0 Å². The summed E-state index contributed by atoms with van der Waals surface area (Å²) < 4.78 is 4.44. The van der Waals surface area contributed by atoms with Crippen molar-refractivity contribution in [2.24, 2.45) is 0 Å². The van der Waals surface area contributed by atoms with Crippen LogP contribution in [0, 0.1) is 6.92 Å². The van der Waals surface area contributed by atoms with Crippen LogP contribution in [0.2, 0.25) is 0 Å². The zero-order valence-corrected chi connectivity index (χ0v) is 23.8. The second-order valence-electron chi connectivity index (χ2n) is 10.3. The quantitative estimate of drug-likeness (QED) is 0.267. The van der Waals surface area contributed by atoms with E-state index in [2.05, 4.69) is 76.8 Å². The van der Waals surface area contributed by atoms with E-state index in [0.717, 1.165) is 28.9 Å². The number of aryl methyl sites for hydroxylation is 2. The van der Waals surface area contributed by atoms with Crippen molar-refractivity contribution in [3.05, 3.63) is 101 Å². The molecule has 2 heterocycles. The largest absolute Gasteiger partial charge is 0.390 e. The van der Waals surface area contributed by atoms with E-state index in [-0.39, 0.29) is 11.9 Å². The smallest absolute Gasteiger partial charge is 0.254 e. The van der Waals surface area contributed by atoms with Crippen LogP contribution in [0.5, 0.6) is 0 Å². The Kier molecular flexibility index (Phi) is 8.60. The van der Waals surface area contributed by atoms with Crippen molar-refractivity contribution < 1.29 is 9.90 Å². The van der Waals surface area contributed by atoms with Crippen LogP contribution in [0.3, 0.4) is 0 Å². The summed E-state index contributed by atoms with van der Waals surface area (Å²) in [7, 11) is 2.07. The molecular weight excluding hydrogens is 504 g/mol. The van der Waals surface area contributed by atoms with Gasteiger partial charge in [0.05, 0.1) is 23.3 Å². The number of nitrogens with zero attached hydrogens (tertiary/aromatic N) is 3. The Balaban J connectivity index is 1.41. The maximum Gasteiger partial charge on any atom is 0.254 e. The molecule has 1 aliphatic heterocycles. The van der Waals surface area contributed by atoms with Crippen LogP contribution in [-0.2, 0) is 19.5 Å². The normalized spacial score (nSPS) is 14.7. The molecule has 0 aliphatic carbocycles. The summed E-state index contributed by atoms with van der Waals surface area (Å²) >= 11 is 1.77.